The molecule has 3 N–H and O–H groups in total. The fraction of sp³-hybridized carbons (Fsp3) is 0.432. The van der Waals surface area contributed by atoms with Crippen molar-refractivity contribution in [3.63, 3.8) is 0 Å². The van der Waals surface area contributed by atoms with E-state index in [0.717, 1.165) is 17.5 Å². The van der Waals surface area contributed by atoms with E-state index in [0.29, 0.717) is 72.0 Å². The number of hydrogen-bond donors (Lipinski definition) is 3. The maximum atomic E-state index is 14.0. The molecule has 2 amide bonds. The minimum atomic E-state index is -3.36. The number of carbonyl (C=O) groups is 2. The fourth-order valence-corrected chi connectivity index (χ4v) is 8.35. The van der Waals surface area contributed by atoms with Crippen molar-refractivity contribution in [3.8, 4) is 28.4 Å². The van der Waals surface area contributed by atoms with Gasteiger partial charge in [0.05, 0.1) is 44.5 Å². The molecule has 3 aromatic rings. The number of benzene rings is 2. The number of carbonyl (C=O) groups excluding carboxylic acids is 2. The molecule has 268 valence electrons. The standard InChI is InChI=1S/C37H46N4O8S/c1-7-22(2)34(37(44)39-25-11-13-26(14-12-25)41-18-8-9-19-50(41,45)46)40-30-17-15-27-28(21-31(30)43)29(38-23(3)42)16-10-24-20-32(47-4)35(48-5)36(49-6)33(24)27/h11-15,17,20-22,29,34H,7-10,16,18-19H2,1-6H3,(H,38,42)(H,39,44)(H,40,43). The summed E-state index contributed by atoms with van der Waals surface area (Å²) in [7, 11) is 1.26. The van der Waals surface area contributed by atoms with Gasteiger partial charge in [0.2, 0.25) is 33.0 Å². The van der Waals surface area contributed by atoms with E-state index in [2.05, 4.69) is 16.0 Å². The van der Waals surface area contributed by atoms with E-state index in [4.69, 9.17) is 14.2 Å². The smallest absolute Gasteiger partial charge is 0.247 e. The van der Waals surface area contributed by atoms with Crippen molar-refractivity contribution in [2.75, 3.05) is 48.6 Å². The summed E-state index contributed by atoms with van der Waals surface area (Å²) in [6.07, 6.45) is 3.17. The van der Waals surface area contributed by atoms with E-state index >= 15 is 0 Å². The van der Waals surface area contributed by atoms with Gasteiger partial charge in [-0.15, -0.1) is 0 Å². The van der Waals surface area contributed by atoms with E-state index in [9.17, 15) is 22.8 Å². The van der Waals surface area contributed by atoms with Crippen LogP contribution in [-0.4, -0.2) is 59.9 Å². The van der Waals surface area contributed by atoms with E-state index in [-0.39, 0.29) is 34.6 Å². The van der Waals surface area contributed by atoms with Gasteiger partial charge in [0.1, 0.15) is 6.04 Å². The van der Waals surface area contributed by atoms with E-state index in [1.165, 1.54) is 24.4 Å². The number of hydrogen-bond acceptors (Lipinski definition) is 9. The number of ether oxygens (including phenoxy) is 3. The molecule has 3 unspecified atom stereocenters. The van der Waals surface area contributed by atoms with Crippen LogP contribution in [0.4, 0.5) is 17.1 Å². The fourth-order valence-electron chi connectivity index (χ4n) is 6.71. The first-order valence-electron chi connectivity index (χ1n) is 16.9. The predicted octanol–water partition coefficient (Wildman–Crippen LogP) is 5.26. The molecule has 0 radical (unpaired) electrons. The first-order valence-corrected chi connectivity index (χ1v) is 18.5. The van der Waals surface area contributed by atoms with Gasteiger partial charge < -0.3 is 30.2 Å². The van der Waals surface area contributed by atoms with Crippen molar-refractivity contribution in [1.82, 2.24) is 5.32 Å². The number of nitrogens with one attached hydrogen (secondary N) is 3. The highest BCUT2D eigenvalue weighted by Gasteiger charge is 2.31. The van der Waals surface area contributed by atoms with Gasteiger partial charge in [0.15, 0.2) is 11.5 Å². The maximum absolute atomic E-state index is 14.0. The summed E-state index contributed by atoms with van der Waals surface area (Å²) in [6.45, 7) is 5.76. The Labute approximate surface area is 293 Å². The van der Waals surface area contributed by atoms with Crippen molar-refractivity contribution in [3.05, 3.63) is 69.9 Å². The molecule has 0 bridgehead atoms. The summed E-state index contributed by atoms with van der Waals surface area (Å²) >= 11 is 0. The highest BCUT2D eigenvalue weighted by molar-refractivity contribution is 7.92. The molecular weight excluding hydrogens is 660 g/mol. The van der Waals surface area contributed by atoms with Gasteiger partial charge >= 0.3 is 0 Å². The highest BCUT2D eigenvalue weighted by Crippen LogP contribution is 2.50. The molecule has 12 nitrogen and oxygen atoms in total. The van der Waals surface area contributed by atoms with Gasteiger partial charge in [-0.25, -0.2) is 8.42 Å². The SMILES string of the molecule is CCC(C)C(Nc1ccc2c(cc1=O)C(NC(C)=O)CCc1cc(OC)c(OC)c(OC)c1-2)C(=O)Nc1ccc(N2CCCCS2(=O)=O)cc1. The molecule has 1 heterocycles. The number of methoxy groups -OCH3 is 3. The van der Waals surface area contributed by atoms with Crippen LogP contribution < -0.4 is 39.9 Å². The summed E-state index contributed by atoms with van der Waals surface area (Å²) < 4.78 is 43.7. The third-order valence-electron chi connectivity index (χ3n) is 9.49. The third-order valence-corrected chi connectivity index (χ3v) is 11.4. The Morgan fingerprint density at radius 1 is 0.980 bits per heavy atom. The molecule has 0 saturated carbocycles. The average Bonchev–Trinajstić information content (AvgIpc) is 3.33. The number of fused-ring (bicyclic) bond motifs is 3. The molecule has 1 aliphatic heterocycles. The zero-order valence-corrected chi connectivity index (χ0v) is 30.2. The van der Waals surface area contributed by atoms with E-state index in [1.54, 1.807) is 44.6 Å². The van der Waals surface area contributed by atoms with Crippen molar-refractivity contribution < 1.29 is 32.2 Å². The number of aryl methyl sites for hydroxylation is 1. The van der Waals surface area contributed by atoms with Crippen LogP contribution in [0, 0.1) is 5.92 Å². The minimum absolute atomic E-state index is 0.118. The molecule has 0 spiro atoms. The van der Waals surface area contributed by atoms with Crippen molar-refractivity contribution >= 4 is 38.9 Å². The summed E-state index contributed by atoms with van der Waals surface area (Å²) in [5, 5.41) is 9.17. The molecule has 5 rings (SSSR count). The lowest BCUT2D eigenvalue weighted by Crippen LogP contribution is -2.40. The second kappa shape index (κ2) is 15.4. The Kier molecular flexibility index (Phi) is 11.2. The van der Waals surface area contributed by atoms with Gasteiger partial charge in [-0.05, 0) is 90.8 Å². The quantitative estimate of drug-likeness (QED) is 0.243. The van der Waals surface area contributed by atoms with Crippen LogP contribution in [-0.2, 0) is 26.0 Å². The summed E-state index contributed by atoms with van der Waals surface area (Å²) in [4.78, 5) is 40.1. The van der Waals surface area contributed by atoms with Crippen LogP contribution in [0.5, 0.6) is 17.2 Å². The first kappa shape index (κ1) is 36.5. The Balaban J connectivity index is 1.51. The number of rotatable bonds is 11. The van der Waals surface area contributed by atoms with Gasteiger partial charge in [-0.1, -0.05) is 26.3 Å². The number of sulfonamides is 1. The Morgan fingerprint density at radius 3 is 2.32 bits per heavy atom. The minimum Gasteiger partial charge on any atom is -0.493 e. The molecule has 2 aliphatic rings. The highest BCUT2D eigenvalue weighted by atomic mass is 32.2. The molecule has 1 saturated heterocycles. The molecule has 0 aromatic heterocycles. The average molecular weight is 707 g/mol. The van der Waals surface area contributed by atoms with Gasteiger partial charge in [0.25, 0.3) is 0 Å². The second-order valence-electron chi connectivity index (χ2n) is 12.7. The van der Waals surface area contributed by atoms with Crippen LogP contribution in [0.15, 0.2) is 53.3 Å². The largest absolute Gasteiger partial charge is 0.493 e. The monoisotopic (exact) mass is 706 g/mol. The third kappa shape index (κ3) is 7.52. The summed E-state index contributed by atoms with van der Waals surface area (Å²) in [6, 6.07) is 12.4. The van der Waals surface area contributed by atoms with Gasteiger partial charge in [-0.2, -0.15) is 0 Å². The topological polar surface area (TPSA) is 152 Å². The molecular formula is C37H46N4O8S. The van der Waals surface area contributed by atoms with Crippen LogP contribution >= 0.6 is 0 Å². The molecule has 1 fully saturated rings. The van der Waals surface area contributed by atoms with Crippen LogP contribution in [0.1, 0.15) is 63.6 Å². The lowest BCUT2D eigenvalue weighted by Gasteiger charge is -2.28. The second-order valence-corrected chi connectivity index (χ2v) is 14.7. The Morgan fingerprint density at radius 2 is 1.70 bits per heavy atom. The van der Waals surface area contributed by atoms with E-state index < -0.39 is 22.1 Å². The Bertz CT molecular complexity index is 1920. The predicted molar refractivity (Wildman–Crippen MR) is 195 cm³/mol. The molecule has 3 atom stereocenters. The van der Waals surface area contributed by atoms with Crippen molar-refractivity contribution in [1.29, 1.82) is 0 Å². The summed E-state index contributed by atoms with van der Waals surface area (Å²) in [5.74, 6) is 0.732. The molecule has 50 heavy (non-hydrogen) atoms. The van der Waals surface area contributed by atoms with Crippen molar-refractivity contribution in [2.24, 2.45) is 5.92 Å². The molecule has 3 aromatic carbocycles. The number of anilines is 3. The lowest BCUT2D eigenvalue weighted by atomic mass is 9.95. The van der Waals surface area contributed by atoms with Gasteiger partial charge in [-0.3, -0.25) is 18.7 Å². The molecule has 1 aliphatic carbocycles. The number of nitrogens with zero attached hydrogens (tertiary/aromatic N) is 1. The van der Waals surface area contributed by atoms with Crippen LogP contribution in [0.25, 0.3) is 11.1 Å². The maximum Gasteiger partial charge on any atom is 0.247 e. The van der Waals surface area contributed by atoms with E-state index in [1.807, 2.05) is 26.0 Å². The lowest BCUT2D eigenvalue weighted by molar-refractivity contribution is -0.120. The zero-order valence-electron chi connectivity index (χ0n) is 29.4. The summed E-state index contributed by atoms with van der Waals surface area (Å²) in [5.41, 5.74) is 3.85. The Hall–Kier alpha value is -4.78. The van der Waals surface area contributed by atoms with Gasteiger partial charge in [0, 0.05) is 24.7 Å². The number of amides is 2. The van der Waals surface area contributed by atoms with Crippen LogP contribution in [0.2, 0.25) is 0 Å². The van der Waals surface area contributed by atoms with Crippen molar-refractivity contribution in [2.45, 2.75) is 65.0 Å². The zero-order chi connectivity index (χ0) is 36.2. The first-order chi connectivity index (χ1) is 23.9. The molecule has 13 heteroatoms. The normalized spacial score (nSPS) is 17.6. The van der Waals surface area contributed by atoms with Crippen LogP contribution in [0.3, 0.4) is 0 Å².